The van der Waals surface area contributed by atoms with Gasteiger partial charge in [0.15, 0.2) is 0 Å². The Bertz CT molecular complexity index is 336. The van der Waals surface area contributed by atoms with Gasteiger partial charge in [0.2, 0.25) is 0 Å². The van der Waals surface area contributed by atoms with Crippen molar-refractivity contribution in [2.45, 2.75) is 52.5 Å². The molecule has 1 aliphatic rings. The van der Waals surface area contributed by atoms with Gasteiger partial charge in [0.25, 0.3) is 0 Å². The van der Waals surface area contributed by atoms with Crippen LogP contribution in [0.4, 0.5) is 5.82 Å². The van der Waals surface area contributed by atoms with Crippen molar-refractivity contribution in [3.05, 3.63) is 18.1 Å². The zero-order valence-electron chi connectivity index (χ0n) is 11.9. The second kappa shape index (κ2) is 8.03. The van der Waals surface area contributed by atoms with Crippen LogP contribution < -0.4 is 5.32 Å². The Balaban J connectivity index is 0.000000771. The third-order valence-electron chi connectivity index (χ3n) is 2.85. The van der Waals surface area contributed by atoms with Gasteiger partial charge in [0.1, 0.15) is 12.1 Å². The number of rotatable bonds is 3. The molecule has 1 saturated heterocycles. The van der Waals surface area contributed by atoms with Crippen molar-refractivity contribution >= 4 is 5.82 Å². The Morgan fingerprint density at radius 2 is 1.89 bits per heavy atom. The minimum Gasteiger partial charge on any atom is -0.381 e. The molecule has 0 spiro atoms. The first-order valence-corrected chi connectivity index (χ1v) is 6.92. The molecular formula is C14H25N3O. The maximum absolute atomic E-state index is 5.33. The lowest BCUT2D eigenvalue weighted by atomic mass is 10.1. The van der Waals surface area contributed by atoms with Gasteiger partial charge in [-0.3, -0.25) is 0 Å². The fraction of sp³-hybridized carbons (Fsp3) is 0.714. The monoisotopic (exact) mass is 251 g/mol. The molecule has 4 nitrogen and oxygen atoms in total. The molecule has 0 atom stereocenters. The number of anilines is 1. The zero-order valence-corrected chi connectivity index (χ0v) is 11.9. The normalized spacial score (nSPS) is 16.1. The summed E-state index contributed by atoms with van der Waals surface area (Å²) in [7, 11) is 0. The molecule has 4 heteroatoms. The van der Waals surface area contributed by atoms with E-state index in [1.807, 2.05) is 19.9 Å². The predicted molar refractivity (Wildman–Crippen MR) is 74.9 cm³/mol. The molecule has 2 heterocycles. The van der Waals surface area contributed by atoms with E-state index in [1.54, 1.807) is 6.33 Å². The average Bonchev–Trinajstić information content (AvgIpc) is 2.42. The Kier molecular flexibility index (Phi) is 6.65. The topological polar surface area (TPSA) is 47.0 Å². The third-order valence-corrected chi connectivity index (χ3v) is 2.85. The molecule has 18 heavy (non-hydrogen) atoms. The highest BCUT2D eigenvalue weighted by molar-refractivity contribution is 5.36. The van der Waals surface area contributed by atoms with Gasteiger partial charge in [0.05, 0.1) is 0 Å². The highest BCUT2D eigenvalue weighted by atomic mass is 16.5. The van der Waals surface area contributed by atoms with E-state index in [0.717, 1.165) is 37.6 Å². The van der Waals surface area contributed by atoms with Crippen LogP contribution in [0.25, 0.3) is 0 Å². The molecule has 0 radical (unpaired) electrons. The average molecular weight is 251 g/mol. The second-order valence-electron chi connectivity index (χ2n) is 4.51. The lowest BCUT2D eigenvalue weighted by molar-refractivity contribution is 0.0904. The summed E-state index contributed by atoms with van der Waals surface area (Å²) in [6.07, 6.45) is 3.75. The van der Waals surface area contributed by atoms with E-state index in [9.17, 15) is 0 Å². The van der Waals surface area contributed by atoms with Crippen LogP contribution in [0.3, 0.4) is 0 Å². The number of hydrogen-bond acceptors (Lipinski definition) is 4. The van der Waals surface area contributed by atoms with Crippen molar-refractivity contribution in [3.63, 3.8) is 0 Å². The highest BCUT2D eigenvalue weighted by Gasteiger charge is 2.14. The maximum atomic E-state index is 5.33. The van der Waals surface area contributed by atoms with Crippen molar-refractivity contribution < 1.29 is 4.74 Å². The minimum absolute atomic E-state index is 0.443. The molecule has 1 aromatic rings. The van der Waals surface area contributed by atoms with Crippen LogP contribution in [0, 0.1) is 0 Å². The molecule has 1 fully saturated rings. The first-order valence-electron chi connectivity index (χ1n) is 6.92. The van der Waals surface area contributed by atoms with Crippen LogP contribution in [0.2, 0.25) is 0 Å². The maximum Gasteiger partial charge on any atom is 0.129 e. The van der Waals surface area contributed by atoms with E-state index in [4.69, 9.17) is 4.74 Å². The quantitative estimate of drug-likeness (QED) is 0.896. The molecule has 0 bridgehead atoms. The van der Waals surface area contributed by atoms with E-state index in [-0.39, 0.29) is 0 Å². The van der Waals surface area contributed by atoms with Crippen LogP contribution in [-0.2, 0) is 4.74 Å². The predicted octanol–water partition coefficient (Wildman–Crippen LogP) is 3.22. The van der Waals surface area contributed by atoms with E-state index in [1.165, 1.54) is 0 Å². The van der Waals surface area contributed by atoms with Gasteiger partial charge >= 0.3 is 0 Å². The standard InChI is InChI=1S/C12H19N3O.C2H6/c1-9(2)11-7-12(14-8-13-11)15-10-3-5-16-6-4-10;1-2/h7-10H,3-6H2,1-2H3,(H,13,14,15);1-2H3. The lowest BCUT2D eigenvalue weighted by Crippen LogP contribution is -2.28. The summed E-state index contributed by atoms with van der Waals surface area (Å²) >= 11 is 0. The smallest absolute Gasteiger partial charge is 0.129 e. The van der Waals surface area contributed by atoms with Crippen LogP contribution in [0.1, 0.15) is 52.1 Å². The van der Waals surface area contributed by atoms with Crippen molar-refractivity contribution in [2.75, 3.05) is 18.5 Å². The fourth-order valence-electron chi connectivity index (χ4n) is 1.82. The first-order chi connectivity index (χ1) is 8.75. The number of hydrogen-bond donors (Lipinski definition) is 1. The molecule has 0 amide bonds. The molecule has 0 saturated carbocycles. The molecule has 0 aliphatic carbocycles. The summed E-state index contributed by atoms with van der Waals surface area (Å²) in [6.45, 7) is 9.97. The van der Waals surface area contributed by atoms with Gasteiger partial charge in [-0.1, -0.05) is 27.7 Å². The summed E-state index contributed by atoms with van der Waals surface area (Å²) in [4.78, 5) is 8.51. The molecule has 0 aromatic carbocycles. The molecule has 2 rings (SSSR count). The summed E-state index contributed by atoms with van der Waals surface area (Å²) in [5.41, 5.74) is 1.09. The van der Waals surface area contributed by atoms with E-state index >= 15 is 0 Å². The molecule has 1 aromatic heterocycles. The van der Waals surface area contributed by atoms with E-state index in [2.05, 4.69) is 29.1 Å². The molecule has 0 unspecified atom stereocenters. The van der Waals surface area contributed by atoms with Crippen molar-refractivity contribution in [1.82, 2.24) is 9.97 Å². The Hall–Kier alpha value is -1.16. The van der Waals surface area contributed by atoms with Gasteiger partial charge in [-0.15, -0.1) is 0 Å². The Labute approximate surface area is 110 Å². The zero-order chi connectivity index (χ0) is 13.4. The Morgan fingerprint density at radius 3 is 2.50 bits per heavy atom. The van der Waals surface area contributed by atoms with Gasteiger partial charge < -0.3 is 10.1 Å². The van der Waals surface area contributed by atoms with E-state index < -0.39 is 0 Å². The summed E-state index contributed by atoms with van der Waals surface area (Å²) in [5.74, 6) is 1.38. The Morgan fingerprint density at radius 1 is 1.22 bits per heavy atom. The number of nitrogens with one attached hydrogen (secondary N) is 1. The summed E-state index contributed by atoms with van der Waals surface area (Å²) in [6, 6.07) is 2.53. The number of aromatic nitrogens is 2. The van der Waals surface area contributed by atoms with Crippen LogP contribution in [0.15, 0.2) is 12.4 Å². The SMILES string of the molecule is CC.CC(C)c1cc(NC2CCOCC2)ncn1. The first kappa shape index (κ1) is 14.9. The number of nitrogens with zero attached hydrogens (tertiary/aromatic N) is 2. The van der Waals surface area contributed by atoms with E-state index in [0.29, 0.717) is 12.0 Å². The van der Waals surface area contributed by atoms with Crippen LogP contribution in [-0.4, -0.2) is 29.2 Å². The molecule has 102 valence electrons. The minimum atomic E-state index is 0.443. The van der Waals surface area contributed by atoms with Crippen molar-refractivity contribution in [2.24, 2.45) is 0 Å². The van der Waals surface area contributed by atoms with Gasteiger partial charge in [0, 0.05) is 31.0 Å². The van der Waals surface area contributed by atoms with Gasteiger partial charge in [-0.25, -0.2) is 9.97 Å². The largest absolute Gasteiger partial charge is 0.381 e. The van der Waals surface area contributed by atoms with Crippen molar-refractivity contribution in [3.8, 4) is 0 Å². The van der Waals surface area contributed by atoms with Crippen LogP contribution >= 0.6 is 0 Å². The highest BCUT2D eigenvalue weighted by Crippen LogP contribution is 2.16. The second-order valence-corrected chi connectivity index (χ2v) is 4.51. The fourth-order valence-corrected chi connectivity index (χ4v) is 1.82. The molecular weight excluding hydrogens is 226 g/mol. The van der Waals surface area contributed by atoms with Gasteiger partial charge in [-0.2, -0.15) is 0 Å². The third kappa shape index (κ3) is 4.61. The summed E-state index contributed by atoms with van der Waals surface area (Å²) in [5, 5.41) is 3.44. The van der Waals surface area contributed by atoms with Gasteiger partial charge in [-0.05, 0) is 18.8 Å². The molecule has 1 aliphatic heterocycles. The van der Waals surface area contributed by atoms with Crippen LogP contribution in [0.5, 0.6) is 0 Å². The summed E-state index contributed by atoms with van der Waals surface area (Å²) < 4.78 is 5.33. The van der Waals surface area contributed by atoms with Crippen molar-refractivity contribution in [1.29, 1.82) is 0 Å². The molecule has 1 N–H and O–H groups in total. The lowest BCUT2D eigenvalue weighted by Gasteiger charge is -2.23. The number of ether oxygens (including phenoxy) is 1.